The normalized spacial score (nSPS) is 16.2. The van der Waals surface area contributed by atoms with Crippen LogP contribution < -0.4 is 5.32 Å². The zero-order valence-corrected chi connectivity index (χ0v) is 13.6. The lowest BCUT2D eigenvalue weighted by Gasteiger charge is -2.33. The minimum absolute atomic E-state index is 0.172. The van der Waals surface area contributed by atoms with Gasteiger partial charge in [0, 0.05) is 18.2 Å². The fourth-order valence-electron chi connectivity index (χ4n) is 2.92. The van der Waals surface area contributed by atoms with Crippen LogP contribution in [-0.4, -0.2) is 36.5 Å². The highest BCUT2D eigenvalue weighted by atomic mass is 16.2. The summed E-state index contributed by atoms with van der Waals surface area (Å²) in [5, 5.41) is 3.39. The molecule has 1 heterocycles. The Kier molecular flexibility index (Phi) is 5.80. The van der Waals surface area contributed by atoms with E-state index in [2.05, 4.69) is 38.2 Å². The quantitative estimate of drug-likeness (QED) is 0.903. The van der Waals surface area contributed by atoms with Crippen molar-refractivity contribution in [3.63, 3.8) is 0 Å². The third-order valence-electron chi connectivity index (χ3n) is 4.41. The second-order valence-corrected chi connectivity index (χ2v) is 6.30. The van der Waals surface area contributed by atoms with Crippen LogP contribution >= 0.6 is 0 Å². The molecular weight excluding hydrogens is 260 g/mol. The maximum Gasteiger partial charge on any atom is 0.254 e. The van der Waals surface area contributed by atoms with Crippen LogP contribution in [0.15, 0.2) is 24.3 Å². The van der Waals surface area contributed by atoms with Crippen molar-refractivity contribution < 1.29 is 4.79 Å². The number of piperidine rings is 1. The SMILES string of the molecule is CCc1ccc(C(=O)N(CC2CCNCC2)C(C)C)cc1. The molecule has 3 heteroatoms. The number of hydrogen-bond donors (Lipinski definition) is 1. The molecule has 1 aliphatic rings. The van der Waals surface area contributed by atoms with E-state index in [4.69, 9.17) is 0 Å². The van der Waals surface area contributed by atoms with Crippen LogP contribution in [-0.2, 0) is 6.42 Å². The van der Waals surface area contributed by atoms with Gasteiger partial charge in [-0.2, -0.15) is 0 Å². The highest BCUT2D eigenvalue weighted by Gasteiger charge is 2.23. The van der Waals surface area contributed by atoms with Crippen molar-refractivity contribution >= 4 is 5.91 Å². The first kappa shape index (κ1) is 16.0. The smallest absolute Gasteiger partial charge is 0.254 e. The molecule has 0 unspecified atom stereocenters. The molecule has 21 heavy (non-hydrogen) atoms. The van der Waals surface area contributed by atoms with E-state index in [0.29, 0.717) is 5.92 Å². The minimum Gasteiger partial charge on any atom is -0.336 e. The van der Waals surface area contributed by atoms with E-state index in [0.717, 1.165) is 31.6 Å². The molecule has 0 saturated carbocycles. The lowest BCUT2D eigenvalue weighted by atomic mass is 9.96. The summed E-state index contributed by atoms with van der Waals surface area (Å²) in [5.74, 6) is 0.804. The lowest BCUT2D eigenvalue weighted by molar-refractivity contribution is 0.0658. The third-order valence-corrected chi connectivity index (χ3v) is 4.41. The summed E-state index contributed by atoms with van der Waals surface area (Å²) in [6.45, 7) is 9.40. The molecule has 2 rings (SSSR count). The van der Waals surface area contributed by atoms with Gasteiger partial charge in [0.25, 0.3) is 5.91 Å². The largest absolute Gasteiger partial charge is 0.336 e. The van der Waals surface area contributed by atoms with E-state index in [1.165, 1.54) is 18.4 Å². The first-order valence-electron chi connectivity index (χ1n) is 8.22. The van der Waals surface area contributed by atoms with Crippen LogP contribution in [0.2, 0.25) is 0 Å². The molecule has 1 aromatic carbocycles. The number of nitrogens with one attached hydrogen (secondary N) is 1. The number of aryl methyl sites for hydroxylation is 1. The van der Waals surface area contributed by atoms with Crippen molar-refractivity contribution in [3.05, 3.63) is 35.4 Å². The average Bonchev–Trinajstić information content (AvgIpc) is 2.53. The maximum absolute atomic E-state index is 12.8. The van der Waals surface area contributed by atoms with E-state index < -0.39 is 0 Å². The van der Waals surface area contributed by atoms with Gasteiger partial charge in [0.15, 0.2) is 0 Å². The van der Waals surface area contributed by atoms with Crippen molar-refractivity contribution in [1.29, 1.82) is 0 Å². The Morgan fingerprint density at radius 3 is 2.38 bits per heavy atom. The molecule has 0 bridgehead atoms. The second-order valence-electron chi connectivity index (χ2n) is 6.30. The molecule has 1 saturated heterocycles. The van der Waals surface area contributed by atoms with E-state index in [1.807, 2.05) is 17.0 Å². The van der Waals surface area contributed by atoms with Gasteiger partial charge in [0.05, 0.1) is 0 Å². The summed E-state index contributed by atoms with van der Waals surface area (Å²) < 4.78 is 0. The molecule has 1 amide bonds. The number of rotatable bonds is 5. The van der Waals surface area contributed by atoms with Crippen molar-refractivity contribution in [2.45, 2.75) is 46.1 Å². The predicted octanol–water partition coefficient (Wildman–Crippen LogP) is 3.10. The van der Waals surface area contributed by atoms with E-state index in [1.54, 1.807) is 0 Å². The molecule has 0 radical (unpaired) electrons. The molecule has 1 N–H and O–H groups in total. The Morgan fingerprint density at radius 1 is 1.24 bits per heavy atom. The van der Waals surface area contributed by atoms with Crippen molar-refractivity contribution in [2.75, 3.05) is 19.6 Å². The number of amides is 1. The van der Waals surface area contributed by atoms with E-state index in [-0.39, 0.29) is 11.9 Å². The van der Waals surface area contributed by atoms with Crippen LogP contribution in [0.4, 0.5) is 0 Å². The average molecular weight is 288 g/mol. The molecule has 0 aliphatic carbocycles. The fraction of sp³-hybridized carbons (Fsp3) is 0.611. The van der Waals surface area contributed by atoms with Crippen LogP contribution in [0.25, 0.3) is 0 Å². The third kappa shape index (κ3) is 4.31. The van der Waals surface area contributed by atoms with E-state index >= 15 is 0 Å². The number of nitrogens with zero attached hydrogens (tertiary/aromatic N) is 1. The number of benzene rings is 1. The summed E-state index contributed by atoms with van der Waals surface area (Å²) >= 11 is 0. The molecule has 0 aromatic heterocycles. The topological polar surface area (TPSA) is 32.3 Å². The van der Waals surface area contributed by atoms with Gasteiger partial charge in [0.2, 0.25) is 0 Å². The monoisotopic (exact) mass is 288 g/mol. The van der Waals surface area contributed by atoms with Crippen LogP contribution in [0.1, 0.15) is 49.5 Å². The molecule has 0 spiro atoms. The summed E-state index contributed by atoms with van der Waals surface area (Å²) in [7, 11) is 0. The van der Waals surface area contributed by atoms with Crippen molar-refractivity contribution in [3.8, 4) is 0 Å². The summed E-state index contributed by atoms with van der Waals surface area (Å²) in [5.41, 5.74) is 2.09. The zero-order valence-electron chi connectivity index (χ0n) is 13.6. The molecule has 3 nitrogen and oxygen atoms in total. The Labute approximate surface area is 128 Å². The fourth-order valence-corrected chi connectivity index (χ4v) is 2.92. The lowest BCUT2D eigenvalue weighted by Crippen LogP contribution is -2.42. The Balaban J connectivity index is 2.06. The first-order chi connectivity index (χ1) is 10.1. The van der Waals surface area contributed by atoms with Crippen LogP contribution in [0.5, 0.6) is 0 Å². The predicted molar refractivity (Wildman–Crippen MR) is 87.6 cm³/mol. The molecule has 0 atom stereocenters. The van der Waals surface area contributed by atoms with Gasteiger partial charge in [-0.15, -0.1) is 0 Å². The number of hydrogen-bond acceptors (Lipinski definition) is 2. The van der Waals surface area contributed by atoms with Crippen LogP contribution in [0, 0.1) is 5.92 Å². The number of carbonyl (C=O) groups is 1. The Bertz CT molecular complexity index is 447. The van der Waals surface area contributed by atoms with Gasteiger partial charge in [-0.1, -0.05) is 19.1 Å². The highest BCUT2D eigenvalue weighted by Crippen LogP contribution is 2.18. The van der Waals surface area contributed by atoms with Gasteiger partial charge in [-0.25, -0.2) is 0 Å². The molecule has 116 valence electrons. The standard InChI is InChI=1S/C18H28N2O/c1-4-15-5-7-17(8-6-15)18(21)20(14(2)3)13-16-9-11-19-12-10-16/h5-8,14,16,19H,4,9-13H2,1-3H3. The Hall–Kier alpha value is -1.35. The Morgan fingerprint density at radius 2 is 1.86 bits per heavy atom. The van der Waals surface area contributed by atoms with Gasteiger partial charge in [-0.05, 0) is 69.8 Å². The maximum atomic E-state index is 12.8. The molecule has 1 aliphatic heterocycles. The summed E-state index contributed by atoms with van der Waals surface area (Å²) in [6, 6.07) is 8.32. The van der Waals surface area contributed by atoms with Gasteiger partial charge >= 0.3 is 0 Å². The van der Waals surface area contributed by atoms with Crippen molar-refractivity contribution in [2.24, 2.45) is 5.92 Å². The minimum atomic E-state index is 0.172. The van der Waals surface area contributed by atoms with E-state index in [9.17, 15) is 4.79 Å². The second kappa shape index (κ2) is 7.60. The molecule has 1 aromatic rings. The van der Waals surface area contributed by atoms with Gasteiger partial charge < -0.3 is 10.2 Å². The zero-order chi connectivity index (χ0) is 15.2. The number of carbonyl (C=O) groups excluding carboxylic acids is 1. The first-order valence-corrected chi connectivity index (χ1v) is 8.22. The van der Waals surface area contributed by atoms with Crippen molar-refractivity contribution in [1.82, 2.24) is 10.2 Å². The molecular formula is C18H28N2O. The van der Waals surface area contributed by atoms with Gasteiger partial charge in [0.1, 0.15) is 0 Å². The molecule has 1 fully saturated rings. The summed E-state index contributed by atoms with van der Waals surface area (Å²) in [4.78, 5) is 14.8. The van der Waals surface area contributed by atoms with Gasteiger partial charge in [-0.3, -0.25) is 4.79 Å². The van der Waals surface area contributed by atoms with Crippen LogP contribution in [0.3, 0.4) is 0 Å². The summed E-state index contributed by atoms with van der Waals surface area (Å²) in [6.07, 6.45) is 3.36. The highest BCUT2D eigenvalue weighted by molar-refractivity contribution is 5.94.